The van der Waals surface area contributed by atoms with Crippen molar-refractivity contribution in [3.63, 3.8) is 0 Å². The van der Waals surface area contributed by atoms with Crippen LogP contribution in [0.5, 0.6) is 0 Å². The Morgan fingerprint density at radius 1 is 1.00 bits per heavy atom. The van der Waals surface area contributed by atoms with E-state index in [4.69, 9.17) is 18.9 Å². The van der Waals surface area contributed by atoms with Gasteiger partial charge in [-0.2, -0.15) is 0 Å². The monoisotopic (exact) mass is 234 g/mol. The van der Waals surface area contributed by atoms with Gasteiger partial charge in [0, 0.05) is 0 Å². The lowest BCUT2D eigenvalue weighted by atomic mass is 10.4. The Morgan fingerprint density at radius 2 is 1.56 bits per heavy atom. The van der Waals surface area contributed by atoms with E-state index in [-0.39, 0.29) is 5.76 Å². The van der Waals surface area contributed by atoms with Gasteiger partial charge in [-0.3, -0.25) is 0 Å². The first-order chi connectivity index (χ1) is 7.64. The Bertz CT molecular complexity index is 197. The summed E-state index contributed by atoms with van der Waals surface area (Å²) in [5, 5.41) is 10.1. The minimum absolute atomic E-state index is 0.126. The van der Waals surface area contributed by atoms with Crippen molar-refractivity contribution in [1.82, 2.24) is 0 Å². The highest BCUT2D eigenvalue weighted by molar-refractivity contribution is 4.97. The summed E-state index contributed by atoms with van der Waals surface area (Å²) < 4.78 is 20.6. The minimum Gasteiger partial charge on any atom is -0.498 e. The van der Waals surface area contributed by atoms with Crippen LogP contribution in [0.3, 0.4) is 0 Å². The van der Waals surface area contributed by atoms with Gasteiger partial charge in [-0.25, -0.2) is 0 Å². The Hall–Kier alpha value is -0.780. The molecule has 0 aromatic heterocycles. The molecule has 0 heterocycles. The molecule has 0 amide bonds. The molecule has 5 nitrogen and oxygen atoms in total. The van der Waals surface area contributed by atoms with Crippen LogP contribution in [0.15, 0.2) is 12.0 Å². The van der Waals surface area contributed by atoms with Gasteiger partial charge in [0.25, 0.3) is 0 Å². The quantitative estimate of drug-likeness (QED) is 0.485. The van der Waals surface area contributed by atoms with Gasteiger partial charge in [0.05, 0.1) is 26.4 Å². The molecule has 96 valence electrons. The highest BCUT2D eigenvalue weighted by Crippen LogP contribution is 2.21. The van der Waals surface area contributed by atoms with Crippen molar-refractivity contribution in [3.05, 3.63) is 12.0 Å². The van der Waals surface area contributed by atoms with Crippen molar-refractivity contribution in [2.24, 2.45) is 0 Å². The van der Waals surface area contributed by atoms with Gasteiger partial charge in [-0.05, 0) is 27.7 Å². The van der Waals surface area contributed by atoms with Crippen molar-refractivity contribution in [2.75, 3.05) is 26.4 Å². The number of aliphatic hydroxyl groups is 1. The topological polar surface area (TPSA) is 57.2 Å². The maximum absolute atomic E-state index is 10.1. The van der Waals surface area contributed by atoms with E-state index in [1.807, 2.05) is 6.92 Å². The molecule has 5 heteroatoms. The van der Waals surface area contributed by atoms with E-state index < -0.39 is 5.97 Å². The van der Waals surface area contributed by atoms with E-state index in [1.165, 1.54) is 6.26 Å². The number of hydrogen-bond donors (Lipinski definition) is 1. The third-order valence-electron chi connectivity index (χ3n) is 1.65. The third-order valence-corrected chi connectivity index (χ3v) is 1.65. The number of ether oxygens (including phenoxy) is 4. The molecular formula is C11H22O5. The van der Waals surface area contributed by atoms with Crippen LogP contribution in [0.2, 0.25) is 0 Å². The zero-order chi connectivity index (χ0) is 12.4. The summed E-state index contributed by atoms with van der Waals surface area (Å²) in [7, 11) is 0. The van der Waals surface area contributed by atoms with Crippen LogP contribution < -0.4 is 0 Å². The fourth-order valence-corrected chi connectivity index (χ4v) is 1.09. The summed E-state index contributed by atoms with van der Waals surface area (Å²) in [4.78, 5) is 0. The molecule has 0 saturated carbocycles. The summed E-state index contributed by atoms with van der Waals surface area (Å²) in [5.74, 6) is -1.74. The van der Waals surface area contributed by atoms with Gasteiger partial charge >= 0.3 is 5.97 Å². The molecule has 0 fully saturated rings. The first-order valence-corrected chi connectivity index (χ1v) is 5.59. The van der Waals surface area contributed by atoms with Crippen LogP contribution in [-0.2, 0) is 18.9 Å². The van der Waals surface area contributed by atoms with Gasteiger partial charge in [-0.1, -0.05) is 0 Å². The van der Waals surface area contributed by atoms with Gasteiger partial charge in [0.15, 0.2) is 0 Å². The molecule has 0 spiro atoms. The summed E-state index contributed by atoms with van der Waals surface area (Å²) in [5.41, 5.74) is 0. The Kier molecular flexibility index (Phi) is 7.97. The van der Waals surface area contributed by atoms with Crippen LogP contribution >= 0.6 is 0 Å². The second-order valence-electron chi connectivity index (χ2n) is 2.82. The Balaban J connectivity index is 4.77. The second kappa shape index (κ2) is 8.38. The highest BCUT2D eigenvalue weighted by Gasteiger charge is 2.36. The Labute approximate surface area is 96.9 Å². The number of hydrogen-bond acceptors (Lipinski definition) is 5. The molecule has 0 rings (SSSR count). The van der Waals surface area contributed by atoms with Crippen molar-refractivity contribution >= 4 is 0 Å². The first-order valence-electron chi connectivity index (χ1n) is 5.59. The van der Waals surface area contributed by atoms with E-state index >= 15 is 0 Å². The van der Waals surface area contributed by atoms with Gasteiger partial charge in [0.1, 0.15) is 6.26 Å². The molecule has 16 heavy (non-hydrogen) atoms. The molecule has 0 aliphatic rings. The maximum atomic E-state index is 10.1. The zero-order valence-electron chi connectivity index (χ0n) is 10.5. The Morgan fingerprint density at radius 3 is 1.94 bits per heavy atom. The lowest BCUT2D eigenvalue weighted by molar-refractivity contribution is -0.348. The zero-order valence-corrected chi connectivity index (χ0v) is 10.5. The van der Waals surface area contributed by atoms with Gasteiger partial charge in [0.2, 0.25) is 5.76 Å². The van der Waals surface area contributed by atoms with Crippen molar-refractivity contribution in [1.29, 1.82) is 0 Å². The van der Waals surface area contributed by atoms with Crippen LogP contribution in [0.4, 0.5) is 0 Å². The summed E-state index contributed by atoms with van der Waals surface area (Å²) in [6.45, 7) is 8.62. The molecule has 0 atom stereocenters. The summed E-state index contributed by atoms with van der Waals surface area (Å²) in [6, 6.07) is 0. The standard InChI is InChI=1S/C11H22O5/c1-5-13-9-10(14-6-2)11(12,15-7-3)16-8-4/h9,12H,5-8H2,1-4H3/b10-9-. The number of rotatable bonds is 9. The molecule has 0 aliphatic heterocycles. The van der Waals surface area contributed by atoms with E-state index in [0.29, 0.717) is 26.4 Å². The third kappa shape index (κ3) is 4.83. The maximum Gasteiger partial charge on any atom is 0.346 e. The van der Waals surface area contributed by atoms with Crippen LogP contribution in [-0.4, -0.2) is 37.5 Å². The highest BCUT2D eigenvalue weighted by atomic mass is 16.8. The van der Waals surface area contributed by atoms with E-state index in [1.54, 1.807) is 20.8 Å². The molecule has 0 aromatic rings. The average Bonchev–Trinajstić information content (AvgIpc) is 2.24. The fraction of sp³-hybridized carbons (Fsp3) is 0.818. The van der Waals surface area contributed by atoms with E-state index in [9.17, 15) is 5.11 Å². The van der Waals surface area contributed by atoms with Crippen molar-refractivity contribution in [2.45, 2.75) is 33.7 Å². The van der Waals surface area contributed by atoms with E-state index in [2.05, 4.69) is 0 Å². The summed E-state index contributed by atoms with van der Waals surface area (Å²) >= 11 is 0. The molecule has 0 unspecified atom stereocenters. The average molecular weight is 234 g/mol. The minimum atomic E-state index is -1.87. The predicted molar refractivity (Wildman–Crippen MR) is 59.5 cm³/mol. The molecule has 0 radical (unpaired) electrons. The normalized spacial score (nSPS) is 12.7. The smallest absolute Gasteiger partial charge is 0.346 e. The van der Waals surface area contributed by atoms with Crippen LogP contribution in [0, 0.1) is 0 Å². The SMILES string of the molecule is CCO/C=C(\OCC)C(O)(OCC)OCC. The molecule has 0 bridgehead atoms. The van der Waals surface area contributed by atoms with Crippen LogP contribution in [0.1, 0.15) is 27.7 Å². The van der Waals surface area contributed by atoms with Crippen LogP contribution in [0.25, 0.3) is 0 Å². The largest absolute Gasteiger partial charge is 0.498 e. The fourth-order valence-electron chi connectivity index (χ4n) is 1.09. The van der Waals surface area contributed by atoms with Crippen molar-refractivity contribution < 1.29 is 24.1 Å². The first kappa shape index (κ1) is 15.2. The second-order valence-corrected chi connectivity index (χ2v) is 2.82. The van der Waals surface area contributed by atoms with Gasteiger partial charge in [-0.15, -0.1) is 0 Å². The predicted octanol–water partition coefficient (Wildman–Crippen LogP) is 1.62. The van der Waals surface area contributed by atoms with Crippen molar-refractivity contribution in [3.8, 4) is 0 Å². The molecule has 0 saturated heterocycles. The lowest BCUT2D eigenvalue weighted by Crippen LogP contribution is -2.39. The lowest BCUT2D eigenvalue weighted by Gasteiger charge is -2.28. The molecule has 0 aliphatic carbocycles. The molecular weight excluding hydrogens is 212 g/mol. The molecule has 1 N–H and O–H groups in total. The summed E-state index contributed by atoms with van der Waals surface area (Å²) in [6.07, 6.45) is 1.31. The van der Waals surface area contributed by atoms with E-state index in [0.717, 1.165) is 0 Å². The van der Waals surface area contributed by atoms with Gasteiger partial charge < -0.3 is 24.1 Å². The molecule has 0 aromatic carbocycles.